The first kappa shape index (κ1) is 14.5. The van der Waals surface area contributed by atoms with Crippen LogP contribution >= 0.6 is 0 Å². The zero-order chi connectivity index (χ0) is 13.5. The van der Waals surface area contributed by atoms with Gasteiger partial charge in [0.15, 0.2) is 6.10 Å². The van der Waals surface area contributed by atoms with Gasteiger partial charge >= 0.3 is 5.97 Å². The van der Waals surface area contributed by atoms with Crippen molar-refractivity contribution in [1.29, 1.82) is 0 Å². The van der Waals surface area contributed by atoms with Crippen LogP contribution in [0.25, 0.3) is 0 Å². The standard InChI is InChI=1S/C14H21NO3/c1-4-8-15-10(2)12-6-5-7-13(9-12)18-11(3)14(16)17/h5-7,9-11,15H,4,8H2,1-3H3,(H,16,17). The second-order valence-corrected chi connectivity index (χ2v) is 4.35. The third-order valence-electron chi connectivity index (χ3n) is 2.72. The van der Waals surface area contributed by atoms with Crippen LogP contribution in [-0.4, -0.2) is 23.7 Å². The fourth-order valence-electron chi connectivity index (χ4n) is 1.59. The highest BCUT2D eigenvalue weighted by molar-refractivity contribution is 5.72. The molecule has 2 N–H and O–H groups in total. The minimum Gasteiger partial charge on any atom is -0.479 e. The first-order valence-corrected chi connectivity index (χ1v) is 6.27. The molecule has 4 heteroatoms. The second-order valence-electron chi connectivity index (χ2n) is 4.35. The van der Waals surface area contributed by atoms with Crippen molar-refractivity contribution in [2.24, 2.45) is 0 Å². The topological polar surface area (TPSA) is 58.6 Å². The summed E-state index contributed by atoms with van der Waals surface area (Å²) in [5.74, 6) is -0.370. The van der Waals surface area contributed by atoms with Gasteiger partial charge in [-0.1, -0.05) is 19.1 Å². The summed E-state index contributed by atoms with van der Waals surface area (Å²) in [6, 6.07) is 7.77. The van der Waals surface area contributed by atoms with Gasteiger partial charge in [0, 0.05) is 6.04 Å². The summed E-state index contributed by atoms with van der Waals surface area (Å²) in [6.07, 6.45) is 0.246. The first-order valence-electron chi connectivity index (χ1n) is 6.27. The predicted octanol–water partition coefficient (Wildman–Crippen LogP) is 2.60. The predicted molar refractivity (Wildman–Crippen MR) is 70.9 cm³/mol. The molecule has 0 spiro atoms. The molecule has 1 aromatic carbocycles. The smallest absolute Gasteiger partial charge is 0.344 e. The van der Waals surface area contributed by atoms with Gasteiger partial charge in [-0.25, -0.2) is 4.79 Å². The third kappa shape index (κ3) is 4.37. The van der Waals surface area contributed by atoms with Gasteiger partial charge in [-0.3, -0.25) is 0 Å². The Morgan fingerprint density at radius 1 is 1.44 bits per heavy atom. The van der Waals surface area contributed by atoms with E-state index in [-0.39, 0.29) is 6.04 Å². The molecule has 0 fully saturated rings. The van der Waals surface area contributed by atoms with Crippen molar-refractivity contribution in [2.45, 2.75) is 39.3 Å². The van der Waals surface area contributed by atoms with Crippen molar-refractivity contribution in [3.8, 4) is 5.75 Å². The molecule has 2 unspecified atom stereocenters. The van der Waals surface area contributed by atoms with Crippen molar-refractivity contribution in [3.63, 3.8) is 0 Å². The van der Waals surface area contributed by atoms with Gasteiger partial charge in [-0.05, 0) is 44.5 Å². The maximum Gasteiger partial charge on any atom is 0.344 e. The first-order chi connectivity index (χ1) is 8.54. The molecule has 1 aromatic rings. The molecule has 0 aliphatic rings. The molecule has 18 heavy (non-hydrogen) atoms. The Balaban J connectivity index is 2.69. The molecular weight excluding hydrogens is 230 g/mol. The van der Waals surface area contributed by atoms with Gasteiger partial charge in [0.1, 0.15) is 5.75 Å². The van der Waals surface area contributed by atoms with E-state index in [1.165, 1.54) is 6.92 Å². The number of hydrogen-bond donors (Lipinski definition) is 2. The van der Waals surface area contributed by atoms with E-state index in [1.807, 2.05) is 18.2 Å². The highest BCUT2D eigenvalue weighted by atomic mass is 16.5. The van der Waals surface area contributed by atoms with Gasteiger partial charge < -0.3 is 15.2 Å². The van der Waals surface area contributed by atoms with Crippen LogP contribution in [0.5, 0.6) is 5.75 Å². The minimum atomic E-state index is -0.961. The largest absolute Gasteiger partial charge is 0.479 e. The van der Waals surface area contributed by atoms with E-state index < -0.39 is 12.1 Å². The average molecular weight is 251 g/mol. The zero-order valence-electron chi connectivity index (χ0n) is 11.1. The van der Waals surface area contributed by atoms with Crippen LogP contribution < -0.4 is 10.1 Å². The van der Waals surface area contributed by atoms with E-state index in [2.05, 4.69) is 19.2 Å². The fraction of sp³-hybridized carbons (Fsp3) is 0.500. The second kappa shape index (κ2) is 7.01. The highest BCUT2D eigenvalue weighted by Gasteiger charge is 2.13. The summed E-state index contributed by atoms with van der Waals surface area (Å²) in [6.45, 7) is 6.68. The molecule has 0 aliphatic heterocycles. The van der Waals surface area contributed by atoms with E-state index >= 15 is 0 Å². The SMILES string of the molecule is CCCNC(C)c1cccc(OC(C)C(=O)O)c1. The highest BCUT2D eigenvalue weighted by Crippen LogP contribution is 2.20. The van der Waals surface area contributed by atoms with E-state index in [0.717, 1.165) is 18.5 Å². The molecule has 0 aromatic heterocycles. The van der Waals surface area contributed by atoms with Gasteiger partial charge in [-0.2, -0.15) is 0 Å². The Morgan fingerprint density at radius 2 is 2.17 bits per heavy atom. The molecule has 2 atom stereocenters. The number of hydrogen-bond acceptors (Lipinski definition) is 3. The van der Waals surface area contributed by atoms with Crippen molar-refractivity contribution in [1.82, 2.24) is 5.32 Å². The lowest BCUT2D eigenvalue weighted by molar-refractivity contribution is -0.144. The number of carbonyl (C=O) groups is 1. The van der Waals surface area contributed by atoms with E-state index in [0.29, 0.717) is 5.75 Å². The van der Waals surface area contributed by atoms with Crippen LogP contribution in [0.2, 0.25) is 0 Å². The lowest BCUT2D eigenvalue weighted by Gasteiger charge is -2.16. The molecule has 0 saturated heterocycles. The fourth-order valence-corrected chi connectivity index (χ4v) is 1.59. The van der Waals surface area contributed by atoms with Crippen LogP contribution in [0.3, 0.4) is 0 Å². The summed E-state index contributed by atoms with van der Waals surface area (Å²) in [5.41, 5.74) is 1.10. The summed E-state index contributed by atoms with van der Waals surface area (Å²) < 4.78 is 5.34. The van der Waals surface area contributed by atoms with Crippen molar-refractivity contribution >= 4 is 5.97 Å². The molecule has 0 aliphatic carbocycles. The number of ether oxygens (including phenoxy) is 1. The molecule has 0 bridgehead atoms. The Morgan fingerprint density at radius 3 is 2.78 bits per heavy atom. The number of rotatable bonds is 7. The van der Waals surface area contributed by atoms with Crippen LogP contribution in [0.4, 0.5) is 0 Å². The molecule has 100 valence electrons. The van der Waals surface area contributed by atoms with Crippen LogP contribution in [0, 0.1) is 0 Å². The van der Waals surface area contributed by atoms with Gasteiger partial charge in [0.05, 0.1) is 0 Å². The summed E-state index contributed by atoms with van der Waals surface area (Å²) in [4.78, 5) is 10.7. The van der Waals surface area contributed by atoms with Gasteiger partial charge in [-0.15, -0.1) is 0 Å². The number of carboxylic acids is 1. The summed E-state index contributed by atoms with van der Waals surface area (Å²) in [7, 11) is 0. The van der Waals surface area contributed by atoms with E-state index in [4.69, 9.17) is 9.84 Å². The summed E-state index contributed by atoms with van der Waals surface area (Å²) >= 11 is 0. The number of nitrogens with one attached hydrogen (secondary N) is 1. The Bertz CT molecular complexity index is 392. The van der Waals surface area contributed by atoms with E-state index in [9.17, 15) is 4.79 Å². The van der Waals surface area contributed by atoms with Crippen molar-refractivity contribution in [3.05, 3.63) is 29.8 Å². The quantitative estimate of drug-likeness (QED) is 0.782. The molecule has 0 amide bonds. The lowest BCUT2D eigenvalue weighted by Crippen LogP contribution is -2.23. The molecule has 0 saturated carbocycles. The Kier molecular flexibility index (Phi) is 5.65. The zero-order valence-corrected chi connectivity index (χ0v) is 11.1. The normalized spacial score (nSPS) is 13.9. The summed E-state index contributed by atoms with van der Waals surface area (Å²) in [5, 5.41) is 12.2. The van der Waals surface area contributed by atoms with Gasteiger partial charge in [0.2, 0.25) is 0 Å². The Labute approximate surface area is 108 Å². The van der Waals surface area contributed by atoms with Crippen LogP contribution in [-0.2, 0) is 4.79 Å². The van der Waals surface area contributed by atoms with Gasteiger partial charge in [0.25, 0.3) is 0 Å². The maximum absolute atomic E-state index is 10.7. The van der Waals surface area contributed by atoms with Crippen LogP contribution in [0.1, 0.15) is 38.8 Å². The molecule has 1 rings (SSSR count). The monoisotopic (exact) mass is 251 g/mol. The molecule has 0 heterocycles. The van der Waals surface area contributed by atoms with E-state index in [1.54, 1.807) is 6.07 Å². The molecular formula is C14H21NO3. The van der Waals surface area contributed by atoms with Crippen molar-refractivity contribution in [2.75, 3.05) is 6.54 Å². The minimum absolute atomic E-state index is 0.230. The van der Waals surface area contributed by atoms with Crippen molar-refractivity contribution < 1.29 is 14.6 Å². The molecule has 4 nitrogen and oxygen atoms in total. The Hall–Kier alpha value is -1.55. The molecule has 0 radical (unpaired) electrons. The lowest BCUT2D eigenvalue weighted by atomic mass is 10.1. The van der Waals surface area contributed by atoms with Crippen LogP contribution in [0.15, 0.2) is 24.3 Å². The average Bonchev–Trinajstić information content (AvgIpc) is 2.36. The maximum atomic E-state index is 10.7. The number of benzene rings is 1. The number of aliphatic carboxylic acids is 1. The third-order valence-corrected chi connectivity index (χ3v) is 2.72. The number of carboxylic acid groups (broad SMARTS) is 1.